The molecule has 0 unspecified atom stereocenters. The van der Waals surface area contributed by atoms with Gasteiger partial charge in [-0.05, 0) is 55.5 Å². The molecule has 0 saturated carbocycles. The monoisotopic (exact) mass is 327 g/mol. The second-order valence-corrected chi connectivity index (χ2v) is 5.25. The van der Waals surface area contributed by atoms with Gasteiger partial charge >= 0.3 is 0 Å². The number of ketones is 1. The summed E-state index contributed by atoms with van der Waals surface area (Å²) in [5.41, 5.74) is 2.92. The van der Waals surface area contributed by atoms with Crippen LogP contribution >= 0.6 is 0 Å². The van der Waals surface area contributed by atoms with Crippen molar-refractivity contribution in [2.75, 3.05) is 31.2 Å². The van der Waals surface area contributed by atoms with Gasteiger partial charge in [0, 0.05) is 24.3 Å². The van der Waals surface area contributed by atoms with E-state index in [1.807, 2.05) is 29.2 Å². The lowest BCUT2D eigenvalue weighted by Crippen LogP contribution is -2.29. The number of aliphatic hydroxyl groups is 2. The summed E-state index contributed by atoms with van der Waals surface area (Å²) in [4.78, 5) is 13.1. The molecule has 2 aromatic carbocycles. The minimum absolute atomic E-state index is 0.0180. The number of azo groups is 1. The molecule has 2 N–H and O–H groups in total. The Morgan fingerprint density at radius 3 is 1.75 bits per heavy atom. The molecule has 6 heteroatoms. The zero-order valence-electron chi connectivity index (χ0n) is 13.6. The number of aliphatic hydroxyl groups excluding tert-OH is 2. The van der Waals surface area contributed by atoms with Crippen LogP contribution in [0.5, 0.6) is 0 Å². The van der Waals surface area contributed by atoms with Crippen molar-refractivity contribution in [2.24, 2.45) is 10.2 Å². The molecule has 0 saturated heterocycles. The second-order valence-electron chi connectivity index (χ2n) is 5.25. The molecule has 2 rings (SSSR count). The largest absolute Gasteiger partial charge is 0.395 e. The number of hydrogen-bond acceptors (Lipinski definition) is 6. The SMILES string of the molecule is CC(=O)c1ccc(N=Nc2ccc(N(CCO)CCO)cc2)cc1. The predicted octanol–water partition coefficient (Wildman–Crippen LogP) is 3.10. The van der Waals surface area contributed by atoms with Crippen LogP contribution in [-0.4, -0.2) is 42.3 Å². The standard InChI is InChI=1S/C18H21N3O3/c1-14(24)15-2-4-16(5-3-15)19-20-17-6-8-18(9-7-17)21(10-12-22)11-13-23/h2-9,22-23H,10-13H2,1H3. The molecule has 0 aliphatic heterocycles. The summed E-state index contributed by atoms with van der Waals surface area (Å²) in [5.74, 6) is 0.0180. The molecule has 6 nitrogen and oxygen atoms in total. The predicted molar refractivity (Wildman–Crippen MR) is 93.4 cm³/mol. The molecule has 0 aromatic heterocycles. The highest BCUT2D eigenvalue weighted by Gasteiger charge is 2.05. The minimum atomic E-state index is 0.0180. The van der Waals surface area contributed by atoms with Crippen molar-refractivity contribution in [2.45, 2.75) is 6.92 Å². The molecule has 126 valence electrons. The van der Waals surface area contributed by atoms with Crippen LogP contribution in [0.3, 0.4) is 0 Å². The van der Waals surface area contributed by atoms with Gasteiger partial charge in [-0.3, -0.25) is 4.79 Å². The summed E-state index contributed by atoms with van der Waals surface area (Å²) in [6.07, 6.45) is 0. The Balaban J connectivity index is 2.06. The Morgan fingerprint density at radius 2 is 1.33 bits per heavy atom. The van der Waals surface area contributed by atoms with Crippen molar-refractivity contribution in [1.82, 2.24) is 0 Å². The fraction of sp³-hybridized carbons (Fsp3) is 0.278. The van der Waals surface area contributed by atoms with Gasteiger partial charge in [-0.15, -0.1) is 0 Å². The van der Waals surface area contributed by atoms with Crippen LogP contribution in [0, 0.1) is 0 Å². The van der Waals surface area contributed by atoms with Gasteiger partial charge in [0.1, 0.15) is 0 Å². The normalized spacial score (nSPS) is 11.0. The van der Waals surface area contributed by atoms with Gasteiger partial charge in [-0.2, -0.15) is 10.2 Å². The van der Waals surface area contributed by atoms with Gasteiger partial charge in [-0.25, -0.2) is 0 Å². The topological polar surface area (TPSA) is 85.5 Å². The summed E-state index contributed by atoms with van der Waals surface area (Å²) >= 11 is 0. The first kappa shape index (κ1) is 17.8. The molecule has 2 aromatic rings. The van der Waals surface area contributed by atoms with E-state index in [2.05, 4.69) is 10.2 Å². The van der Waals surface area contributed by atoms with E-state index in [0.717, 1.165) is 5.69 Å². The number of carbonyl (C=O) groups is 1. The number of Topliss-reactive ketones (excluding diaryl/α,β-unsaturated/α-hetero) is 1. The Hall–Kier alpha value is -2.57. The molecular formula is C18H21N3O3. The molecule has 0 aliphatic carbocycles. The van der Waals surface area contributed by atoms with Crippen LogP contribution < -0.4 is 4.90 Å². The molecule has 24 heavy (non-hydrogen) atoms. The smallest absolute Gasteiger partial charge is 0.159 e. The average Bonchev–Trinajstić information content (AvgIpc) is 2.60. The molecule has 0 amide bonds. The van der Waals surface area contributed by atoms with Crippen molar-refractivity contribution in [3.05, 3.63) is 54.1 Å². The molecule has 0 radical (unpaired) electrons. The van der Waals surface area contributed by atoms with E-state index in [1.165, 1.54) is 6.92 Å². The average molecular weight is 327 g/mol. The van der Waals surface area contributed by atoms with Crippen molar-refractivity contribution in [3.63, 3.8) is 0 Å². The van der Waals surface area contributed by atoms with Crippen LogP contribution in [0.15, 0.2) is 58.8 Å². The van der Waals surface area contributed by atoms with Crippen LogP contribution in [0.4, 0.5) is 17.1 Å². The van der Waals surface area contributed by atoms with E-state index < -0.39 is 0 Å². The van der Waals surface area contributed by atoms with Gasteiger partial charge in [0.2, 0.25) is 0 Å². The third-order valence-corrected chi connectivity index (χ3v) is 3.51. The molecular weight excluding hydrogens is 306 g/mol. The highest BCUT2D eigenvalue weighted by Crippen LogP contribution is 2.22. The summed E-state index contributed by atoms with van der Waals surface area (Å²) in [7, 11) is 0. The fourth-order valence-corrected chi connectivity index (χ4v) is 2.22. The van der Waals surface area contributed by atoms with E-state index in [0.29, 0.717) is 30.0 Å². The number of rotatable bonds is 8. The van der Waals surface area contributed by atoms with Crippen LogP contribution in [0.1, 0.15) is 17.3 Å². The number of anilines is 1. The Labute approximate surface area is 141 Å². The molecule has 0 atom stereocenters. The molecule has 0 bridgehead atoms. The van der Waals surface area contributed by atoms with E-state index >= 15 is 0 Å². The summed E-state index contributed by atoms with van der Waals surface area (Å²) < 4.78 is 0. The highest BCUT2D eigenvalue weighted by molar-refractivity contribution is 5.94. The second kappa shape index (κ2) is 8.90. The summed E-state index contributed by atoms with van der Waals surface area (Å²) in [6, 6.07) is 14.3. The Kier molecular flexibility index (Phi) is 6.60. The molecule has 0 aliphatic rings. The lowest BCUT2D eigenvalue weighted by Gasteiger charge is -2.22. The van der Waals surface area contributed by atoms with Gasteiger partial charge < -0.3 is 15.1 Å². The summed E-state index contributed by atoms with van der Waals surface area (Å²) in [5, 5.41) is 26.4. The minimum Gasteiger partial charge on any atom is -0.395 e. The number of carbonyl (C=O) groups excluding carboxylic acids is 1. The van der Waals surface area contributed by atoms with E-state index in [4.69, 9.17) is 10.2 Å². The third-order valence-electron chi connectivity index (χ3n) is 3.51. The highest BCUT2D eigenvalue weighted by atomic mass is 16.3. The number of hydrogen-bond donors (Lipinski definition) is 2. The lowest BCUT2D eigenvalue weighted by atomic mass is 10.1. The van der Waals surface area contributed by atoms with Gasteiger partial charge in [0.15, 0.2) is 5.78 Å². The van der Waals surface area contributed by atoms with Gasteiger partial charge in [0.05, 0.1) is 24.6 Å². The van der Waals surface area contributed by atoms with Crippen molar-refractivity contribution < 1.29 is 15.0 Å². The first-order chi connectivity index (χ1) is 11.6. The maximum Gasteiger partial charge on any atom is 0.159 e. The lowest BCUT2D eigenvalue weighted by molar-refractivity contribution is 0.101. The van der Waals surface area contributed by atoms with Crippen molar-refractivity contribution in [3.8, 4) is 0 Å². The maximum atomic E-state index is 11.2. The van der Waals surface area contributed by atoms with Crippen molar-refractivity contribution in [1.29, 1.82) is 0 Å². The first-order valence-corrected chi connectivity index (χ1v) is 7.73. The van der Waals surface area contributed by atoms with Crippen LogP contribution in [0.2, 0.25) is 0 Å². The maximum absolute atomic E-state index is 11.2. The van der Waals surface area contributed by atoms with Crippen molar-refractivity contribution >= 4 is 22.8 Å². The van der Waals surface area contributed by atoms with E-state index in [1.54, 1.807) is 24.3 Å². The van der Waals surface area contributed by atoms with E-state index in [9.17, 15) is 4.79 Å². The quantitative estimate of drug-likeness (QED) is 0.576. The first-order valence-electron chi connectivity index (χ1n) is 7.73. The molecule has 0 fully saturated rings. The zero-order valence-corrected chi connectivity index (χ0v) is 13.6. The van der Waals surface area contributed by atoms with Gasteiger partial charge in [0.25, 0.3) is 0 Å². The zero-order chi connectivity index (χ0) is 17.4. The Morgan fingerprint density at radius 1 is 0.875 bits per heavy atom. The van der Waals surface area contributed by atoms with Gasteiger partial charge in [-0.1, -0.05) is 0 Å². The fourth-order valence-electron chi connectivity index (χ4n) is 2.22. The number of benzene rings is 2. The molecule has 0 spiro atoms. The third kappa shape index (κ3) is 4.97. The summed E-state index contributed by atoms with van der Waals surface area (Å²) in [6.45, 7) is 2.50. The molecule has 0 heterocycles. The van der Waals surface area contributed by atoms with E-state index in [-0.39, 0.29) is 19.0 Å². The van der Waals surface area contributed by atoms with Crippen LogP contribution in [0.25, 0.3) is 0 Å². The number of nitrogens with zero attached hydrogens (tertiary/aromatic N) is 3. The Bertz CT molecular complexity index is 676. The van der Waals surface area contributed by atoms with Crippen LogP contribution in [-0.2, 0) is 0 Å².